The first-order chi connectivity index (χ1) is 57.4. The molecule has 0 atom stereocenters. The van der Waals surface area contributed by atoms with E-state index in [1.165, 1.54) is 21.5 Å². The number of rotatable bonds is 9. The number of hydrogen-bond acceptors (Lipinski definition) is 9. The summed E-state index contributed by atoms with van der Waals surface area (Å²) < 4.78 is 0. The van der Waals surface area contributed by atoms with Gasteiger partial charge in [-0.2, -0.15) is 0 Å². The number of pyridine rings is 9. The van der Waals surface area contributed by atoms with E-state index >= 15 is 0 Å². The highest BCUT2D eigenvalue weighted by atomic mass is 14.7. The lowest BCUT2D eigenvalue weighted by Gasteiger charge is -2.10. The smallest absolute Gasteiger partial charge is 0.0716 e. The Balaban J connectivity index is 0.000000109. The molecule has 23 rings (SSSR count). The first kappa shape index (κ1) is 68.3. The summed E-state index contributed by atoms with van der Waals surface area (Å²) in [6.45, 7) is 0. The van der Waals surface area contributed by atoms with Gasteiger partial charge in [0.2, 0.25) is 0 Å². The van der Waals surface area contributed by atoms with Crippen LogP contribution in [0.4, 0.5) is 0 Å². The third-order valence-corrected chi connectivity index (χ3v) is 22.1. The van der Waals surface area contributed by atoms with Crippen molar-refractivity contribution in [3.05, 3.63) is 407 Å². The highest BCUT2D eigenvalue weighted by Gasteiger charge is 2.16. The van der Waals surface area contributed by atoms with Gasteiger partial charge >= 0.3 is 0 Å². The molecule has 9 aromatic heterocycles. The van der Waals surface area contributed by atoms with Crippen molar-refractivity contribution in [3.8, 4) is 101 Å². The molecule has 0 unspecified atom stereocenters. The number of fused-ring (bicyclic) bond motifs is 11. The molecule has 116 heavy (non-hydrogen) atoms. The summed E-state index contributed by atoms with van der Waals surface area (Å²) in [6.07, 6.45) is 5.48. The molecule has 0 bridgehead atoms. The van der Waals surface area contributed by atoms with Crippen LogP contribution in [0.25, 0.3) is 221 Å². The zero-order chi connectivity index (χ0) is 76.8. The average Bonchev–Trinajstić information content (AvgIpc) is 0.778. The Morgan fingerprint density at radius 2 is 0.397 bits per heavy atom. The highest BCUT2D eigenvalue weighted by molar-refractivity contribution is 6.02. The molecule has 0 aliphatic carbocycles. The Kier molecular flexibility index (Phi) is 17.4. The third-order valence-electron chi connectivity index (χ3n) is 22.1. The summed E-state index contributed by atoms with van der Waals surface area (Å²) in [5, 5.41) is 14.9. The number of hydrogen-bond donors (Lipinski definition) is 0. The molecular formula is C107H67N9. The van der Waals surface area contributed by atoms with E-state index < -0.39 is 0 Å². The van der Waals surface area contributed by atoms with Gasteiger partial charge in [-0.1, -0.05) is 273 Å². The molecule has 14 aromatic carbocycles. The summed E-state index contributed by atoms with van der Waals surface area (Å²) in [5.74, 6) is 0. The molecule has 0 spiro atoms. The fourth-order valence-electron chi connectivity index (χ4n) is 16.1. The largest absolute Gasteiger partial charge is 0.256 e. The molecule has 0 saturated heterocycles. The van der Waals surface area contributed by atoms with E-state index in [0.29, 0.717) is 0 Å². The monoisotopic (exact) mass is 1480 g/mol. The number of benzene rings is 14. The van der Waals surface area contributed by atoms with Crippen LogP contribution >= 0.6 is 0 Å². The van der Waals surface area contributed by atoms with E-state index in [-0.39, 0.29) is 0 Å². The molecule has 540 valence electrons. The van der Waals surface area contributed by atoms with Gasteiger partial charge in [0.1, 0.15) is 0 Å². The fourth-order valence-corrected chi connectivity index (χ4v) is 16.1. The van der Waals surface area contributed by atoms with Crippen molar-refractivity contribution in [2.75, 3.05) is 0 Å². The fraction of sp³-hybridized carbons (Fsp3) is 0. The van der Waals surface area contributed by atoms with Crippen molar-refractivity contribution < 1.29 is 0 Å². The molecule has 9 heterocycles. The van der Waals surface area contributed by atoms with Crippen molar-refractivity contribution in [1.29, 1.82) is 0 Å². The predicted molar refractivity (Wildman–Crippen MR) is 481 cm³/mol. The summed E-state index contributed by atoms with van der Waals surface area (Å²) in [6, 6.07) is 135. The van der Waals surface area contributed by atoms with Crippen LogP contribution in [0.15, 0.2) is 407 Å². The molecule has 23 aromatic rings. The molecule has 0 saturated carbocycles. The zero-order valence-corrected chi connectivity index (χ0v) is 62.7. The topological polar surface area (TPSA) is 116 Å². The summed E-state index contributed by atoms with van der Waals surface area (Å²) in [7, 11) is 0. The second kappa shape index (κ2) is 29.5. The van der Waals surface area contributed by atoms with Crippen LogP contribution in [-0.4, -0.2) is 44.9 Å². The van der Waals surface area contributed by atoms with Crippen LogP contribution in [0.1, 0.15) is 0 Å². The number of aromatic nitrogens is 9. The number of nitrogens with zero attached hydrogens (tertiary/aromatic N) is 9. The molecule has 0 N–H and O–H groups in total. The van der Waals surface area contributed by atoms with E-state index in [1.54, 1.807) is 0 Å². The Bertz CT molecular complexity index is 7630. The molecule has 9 nitrogen and oxygen atoms in total. The maximum absolute atomic E-state index is 5.11. The maximum Gasteiger partial charge on any atom is 0.0716 e. The summed E-state index contributed by atoms with van der Waals surface area (Å²) >= 11 is 0. The minimum Gasteiger partial charge on any atom is -0.256 e. The van der Waals surface area contributed by atoms with Gasteiger partial charge in [0, 0.05) is 100 Å². The Morgan fingerprint density at radius 1 is 0.129 bits per heavy atom. The SMILES string of the molecule is c1ccc(-c2ccc3ccc(-c4ccc5ccc(-c6cccc7ncccc67)nc5c4)cc3n2)cc1.c1ccc2c(-c3ccc4ccc(-c5ccc6ccc(-c7cccc8ncccc78)nc6c5)cc4n3)cccc2c1.c1ccc2cc(-c3ccc4ccc(-c5ccc6ccc(-c7cccc8ncccc78)nc6c5)cc4n3)ccc2c1. The minimum absolute atomic E-state index is 0.947. The summed E-state index contributed by atoms with van der Waals surface area (Å²) in [5.41, 5.74) is 28.0. The highest BCUT2D eigenvalue weighted by Crippen LogP contribution is 2.38. The lowest BCUT2D eigenvalue weighted by Crippen LogP contribution is -1.90. The first-order valence-corrected chi connectivity index (χ1v) is 38.9. The van der Waals surface area contributed by atoms with Crippen molar-refractivity contribution in [1.82, 2.24) is 44.9 Å². The Morgan fingerprint density at radius 3 is 0.784 bits per heavy atom. The van der Waals surface area contributed by atoms with E-state index in [4.69, 9.17) is 29.9 Å². The van der Waals surface area contributed by atoms with Gasteiger partial charge in [-0.3, -0.25) is 15.0 Å². The quantitative estimate of drug-likeness (QED) is 0.139. The molecule has 0 radical (unpaired) electrons. The van der Waals surface area contributed by atoms with Crippen molar-refractivity contribution in [2.24, 2.45) is 0 Å². The second-order valence-corrected chi connectivity index (χ2v) is 29.2. The van der Waals surface area contributed by atoms with Crippen molar-refractivity contribution in [3.63, 3.8) is 0 Å². The van der Waals surface area contributed by atoms with Crippen LogP contribution in [0.3, 0.4) is 0 Å². The van der Waals surface area contributed by atoms with Crippen LogP contribution in [0.5, 0.6) is 0 Å². The lowest BCUT2D eigenvalue weighted by atomic mass is 9.99. The van der Waals surface area contributed by atoms with E-state index in [9.17, 15) is 0 Å². The van der Waals surface area contributed by atoms with E-state index in [0.717, 1.165) is 199 Å². The van der Waals surface area contributed by atoms with Gasteiger partial charge in [-0.25, -0.2) is 29.9 Å². The van der Waals surface area contributed by atoms with Crippen LogP contribution < -0.4 is 0 Å². The van der Waals surface area contributed by atoms with Gasteiger partial charge in [0.25, 0.3) is 0 Å². The lowest BCUT2D eigenvalue weighted by molar-refractivity contribution is 1.38. The van der Waals surface area contributed by atoms with Crippen molar-refractivity contribution >= 4 is 120 Å². The van der Waals surface area contributed by atoms with Gasteiger partial charge in [-0.15, -0.1) is 0 Å². The minimum atomic E-state index is 0.947. The average molecular weight is 1480 g/mol. The maximum atomic E-state index is 5.11. The zero-order valence-electron chi connectivity index (χ0n) is 62.7. The van der Waals surface area contributed by atoms with Crippen molar-refractivity contribution in [2.45, 2.75) is 0 Å². The van der Waals surface area contributed by atoms with Gasteiger partial charge in [0.15, 0.2) is 0 Å². The summed E-state index contributed by atoms with van der Waals surface area (Å²) in [4.78, 5) is 43.9. The van der Waals surface area contributed by atoms with E-state index in [2.05, 4.69) is 330 Å². The Hall–Kier alpha value is -15.7. The normalized spacial score (nSPS) is 11.4. The van der Waals surface area contributed by atoms with Crippen LogP contribution in [-0.2, 0) is 0 Å². The second-order valence-electron chi connectivity index (χ2n) is 29.2. The van der Waals surface area contributed by atoms with Gasteiger partial charge < -0.3 is 0 Å². The van der Waals surface area contributed by atoms with Crippen LogP contribution in [0.2, 0.25) is 0 Å². The van der Waals surface area contributed by atoms with Crippen LogP contribution in [0, 0.1) is 0 Å². The van der Waals surface area contributed by atoms with Gasteiger partial charge in [0.05, 0.1) is 83.8 Å². The molecule has 0 aliphatic heterocycles. The van der Waals surface area contributed by atoms with Gasteiger partial charge in [-0.05, 0) is 170 Å². The molecule has 0 aliphatic rings. The molecule has 9 heteroatoms. The molecule has 0 fully saturated rings. The van der Waals surface area contributed by atoms with E-state index in [1.807, 2.05) is 91.4 Å². The third kappa shape index (κ3) is 13.3. The molecule has 0 amide bonds. The molecular weight excluding hydrogens is 1410 g/mol. The first-order valence-electron chi connectivity index (χ1n) is 38.9. The Labute approximate surface area is 668 Å². The standard InChI is InChI=1S/2C37H23N3.C33H21N3/c1-2-8-29-24(6-1)7-3-9-30(29)34-19-17-25-13-15-27(22-36(25)39-34)28-16-14-26-18-20-35(40-37(26)23-28)32-10-4-12-33-31(32)11-5-21-38-33;1-2-6-27-21-30(15-10-24(27)5-1)33-18-16-25-11-13-28(22-36(25)39-33)29-14-12-26-17-19-35(40-37(26)23-29)32-7-3-9-34-31(32)8-4-20-38-34;1-2-6-22(7-3-1)29-17-15-23-11-13-25(20-32(23)35-29)26-14-12-24-16-18-31(36-33(24)21-26)28-8-4-10-30-27(28)9-5-19-34-30/h2*1-23H;1-21H. The predicted octanol–water partition coefficient (Wildman–Crippen LogP) is 27.3.